The van der Waals surface area contributed by atoms with Gasteiger partial charge in [0.2, 0.25) is 10.0 Å². The first kappa shape index (κ1) is 18.6. The van der Waals surface area contributed by atoms with Crippen LogP contribution in [0, 0.1) is 20.8 Å². The zero-order chi connectivity index (χ0) is 18.9. The van der Waals surface area contributed by atoms with Crippen LogP contribution in [0.2, 0.25) is 0 Å². The average molecular weight is 376 g/mol. The van der Waals surface area contributed by atoms with Crippen LogP contribution in [0.5, 0.6) is 0 Å². The van der Waals surface area contributed by atoms with Crippen LogP contribution in [0.1, 0.15) is 40.2 Å². The van der Waals surface area contributed by atoms with Crippen molar-refractivity contribution in [1.29, 1.82) is 0 Å². The van der Waals surface area contributed by atoms with E-state index in [1.807, 2.05) is 25.1 Å². The maximum absolute atomic E-state index is 12.9. The SMILES string of the molecule is Cc1cccc(C(=O)NC2CCN(S(=O)(=O)c3c(C)n[nH]c3C)CC2)c1. The third kappa shape index (κ3) is 3.66. The predicted octanol–water partition coefficient (Wildman–Crippen LogP) is 1.92. The highest BCUT2D eigenvalue weighted by Crippen LogP contribution is 2.24. The molecule has 0 spiro atoms. The van der Waals surface area contributed by atoms with Crippen LogP contribution in [0.4, 0.5) is 0 Å². The van der Waals surface area contributed by atoms with Crippen molar-refractivity contribution in [2.24, 2.45) is 0 Å². The van der Waals surface area contributed by atoms with Gasteiger partial charge in [0, 0.05) is 24.7 Å². The highest BCUT2D eigenvalue weighted by Gasteiger charge is 2.33. The molecule has 0 saturated carbocycles. The van der Waals surface area contributed by atoms with Gasteiger partial charge in [-0.2, -0.15) is 9.40 Å². The monoisotopic (exact) mass is 376 g/mol. The lowest BCUT2D eigenvalue weighted by atomic mass is 10.1. The molecule has 8 heteroatoms. The predicted molar refractivity (Wildman–Crippen MR) is 98.5 cm³/mol. The van der Waals surface area contributed by atoms with Crippen LogP contribution in [0.3, 0.4) is 0 Å². The number of hydrogen-bond acceptors (Lipinski definition) is 4. The summed E-state index contributed by atoms with van der Waals surface area (Å²) in [6.07, 6.45) is 1.18. The Kier molecular flexibility index (Phi) is 5.15. The maximum atomic E-state index is 12.9. The number of benzene rings is 1. The van der Waals surface area contributed by atoms with E-state index in [-0.39, 0.29) is 16.8 Å². The Morgan fingerprint density at radius 3 is 2.50 bits per heavy atom. The number of aryl methyl sites for hydroxylation is 3. The van der Waals surface area contributed by atoms with Crippen molar-refractivity contribution >= 4 is 15.9 Å². The second-order valence-corrected chi connectivity index (χ2v) is 8.66. The molecule has 1 aliphatic heterocycles. The summed E-state index contributed by atoms with van der Waals surface area (Å²) in [6, 6.07) is 7.40. The van der Waals surface area contributed by atoms with Crippen LogP contribution in [0.25, 0.3) is 0 Å². The van der Waals surface area contributed by atoms with Crippen molar-refractivity contribution < 1.29 is 13.2 Å². The van der Waals surface area contributed by atoms with E-state index in [1.165, 1.54) is 4.31 Å². The highest BCUT2D eigenvalue weighted by molar-refractivity contribution is 7.89. The summed E-state index contributed by atoms with van der Waals surface area (Å²) in [7, 11) is -3.56. The van der Waals surface area contributed by atoms with E-state index >= 15 is 0 Å². The zero-order valence-electron chi connectivity index (χ0n) is 15.2. The molecule has 1 aromatic carbocycles. The average Bonchev–Trinajstić information content (AvgIpc) is 2.94. The number of aromatic amines is 1. The number of carbonyl (C=O) groups excluding carboxylic acids is 1. The summed E-state index contributed by atoms with van der Waals surface area (Å²) in [5.74, 6) is -0.114. The normalized spacial score (nSPS) is 16.6. The molecule has 0 bridgehead atoms. The molecular weight excluding hydrogens is 352 g/mol. The molecule has 140 valence electrons. The van der Waals surface area contributed by atoms with Crippen molar-refractivity contribution in [3.63, 3.8) is 0 Å². The van der Waals surface area contributed by atoms with Gasteiger partial charge in [0.15, 0.2) is 0 Å². The van der Waals surface area contributed by atoms with Gasteiger partial charge in [-0.15, -0.1) is 0 Å². The fourth-order valence-electron chi connectivity index (χ4n) is 3.35. The smallest absolute Gasteiger partial charge is 0.251 e. The second kappa shape index (κ2) is 7.20. The third-order valence-electron chi connectivity index (χ3n) is 4.73. The van der Waals surface area contributed by atoms with Gasteiger partial charge in [0.25, 0.3) is 5.91 Å². The molecule has 1 saturated heterocycles. The van der Waals surface area contributed by atoms with Crippen molar-refractivity contribution in [2.45, 2.75) is 44.6 Å². The molecule has 1 aliphatic rings. The summed E-state index contributed by atoms with van der Waals surface area (Å²) in [4.78, 5) is 12.6. The first-order valence-electron chi connectivity index (χ1n) is 8.68. The number of aromatic nitrogens is 2. The molecule has 0 unspecified atom stereocenters. The molecule has 0 atom stereocenters. The third-order valence-corrected chi connectivity index (χ3v) is 6.89. The molecule has 0 radical (unpaired) electrons. The van der Waals surface area contributed by atoms with Crippen LogP contribution in [-0.4, -0.2) is 48.0 Å². The lowest BCUT2D eigenvalue weighted by Gasteiger charge is -2.31. The highest BCUT2D eigenvalue weighted by atomic mass is 32.2. The van der Waals surface area contributed by atoms with E-state index in [2.05, 4.69) is 15.5 Å². The Hall–Kier alpha value is -2.19. The van der Waals surface area contributed by atoms with Gasteiger partial charge in [-0.3, -0.25) is 9.89 Å². The summed E-state index contributed by atoms with van der Waals surface area (Å²) >= 11 is 0. The van der Waals surface area contributed by atoms with Gasteiger partial charge in [-0.05, 0) is 45.7 Å². The summed E-state index contributed by atoms with van der Waals surface area (Å²) < 4.78 is 27.2. The Morgan fingerprint density at radius 2 is 1.92 bits per heavy atom. The van der Waals surface area contributed by atoms with Crippen molar-refractivity contribution in [3.05, 3.63) is 46.8 Å². The topological polar surface area (TPSA) is 95.2 Å². The number of piperidine rings is 1. The standard InChI is InChI=1S/C18H24N4O3S/c1-12-5-4-6-15(11-12)18(23)19-16-7-9-22(10-8-16)26(24,25)17-13(2)20-21-14(17)3/h4-6,11,16H,7-10H2,1-3H3,(H,19,23)(H,20,21). The van der Waals surface area contributed by atoms with Gasteiger partial charge < -0.3 is 5.32 Å². The molecule has 2 heterocycles. The molecule has 2 N–H and O–H groups in total. The van der Waals surface area contributed by atoms with Gasteiger partial charge in [-0.25, -0.2) is 8.42 Å². The number of nitrogens with one attached hydrogen (secondary N) is 2. The Balaban J connectivity index is 1.63. The second-order valence-electron chi connectivity index (χ2n) is 6.78. The summed E-state index contributed by atoms with van der Waals surface area (Å²) in [5, 5.41) is 9.72. The summed E-state index contributed by atoms with van der Waals surface area (Å²) in [6.45, 7) is 6.10. The Bertz CT molecular complexity index is 893. The van der Waals surface area contributed by atoms with Crippen LogP contribution >= 0.6 is 0 Å². The van der Waals surface area contributed by atoms with E-state index in [4.69, 9.17) is 0 Å². The van der Waals surface area contributed by atoms with Crippen LogP contribution in [-0.2, 0) is 10.0 Å². The molecule has 0 aliphatic carbocycles. The van der Waals surface area contributed by atoms with E-state index in [9.17, 15) is 13.2 Å². The van der Waals surface area contributed by atoms with Crippen molar-refractivity contribution in [3.8, 4) is 0 Å². The number of carbonyl (C=O) groups is 1. The molecular formula is C18H24N4O3S. The molecule has 1 fully saturated rings. The molecule has 7 nitrogen and oxygen atoms in total. The van der Waals surface area contributed by atoms with Crippen molar-refractivity contribution in [2.75, 3.05) is 13.1 Å². The van der Waals surface area contributed by atoms with E-state index in [1.54, 1.807) is 19.9 Å². The minimum atomic E-state index is -3.56. The fourth-order valence-corrected chi connectivity index (χ4v) is 5.15. The fraction of sp³-hybridized carbons (Fsp3) is 0.444. The Morgan fingerprint density at radius 1 is 1.23 bits per heavy atom. The van der Waals surface area contributed by atoms with E-state index in [0.717, 1.165) is 5.56 Å². The largest absolute Gasteiger partial charge is 0.349 e. The maximum Gasteiger partial charge on any atom is 0.251 e. The van der Waals surface area contributed by atoms with E-state index < -0.39 is 10.0 Å². The quantitative estimate of drug-likeness (QED) is 0.852. The zero-order valence-corrected chi connectivity index (χ0v) is 16.1. The first-order chi connectivity index (χ1) is 12.3. The minimum absolute atomic E-state index is 0.0268. The van der Waals surface area contributed by atoms with Crippen LogP contribution < -0.4 is 5.32 Å². The molecule has 1 amide bonds. The van der Waals surface area contributed by atoms with Gasteiger partial charge in [0.05, 0.1) is 11.4 Å². The number of hydrogen-bond donors (Lipinski definition) is 2. The number of nitrogens with zero attached hydrogens (tertiary/aromatic N) is 2. The minimum Gasteiger partial charge on any atom is -0.349 e. The van der Waals surface area contributed by atoms with Gasteiger partial charge in [-0.1, -0.05) is 17.7 Å². The number of rotatable bonds is 4. The molecule has 2 aromatic rings. The number of sulfonamides is 1. The first-order valence-corrected chi connectivity index (χ1v) is 10.1. The molecule has 26 heavy (non-hydrogen) atoms. The van der Waals surface area contributed by atoms with Gasteiger partial charge in [0.1, 0.15) is 4.90 Å². The summed E-state index contributed by atoms with van der Waals surface area (Å²) in [5.41, 5.74) is 2.70. The molecule has 1 aromatic heterocycles. The molecule has 3 rings (SSSR count). The number of amides is 1. The van der Waals surface area contributed by atoms with Crippen LogP contribution in [0.15, 0.2) is 29.2 Å². The Labute approximate surface area is 153 Å². The van der Waals surface area contributed by atoms with Crippen molar-refractivity contribution in [1.82, 2.24) is 19.8 Å². The van der Waals surface area contributed by atoms with Gasteiger partial charge >= 0.3 is 0 Å². The lowest BCUT2D eigenvalue weighted by molar-refractivity contribution is 0.0923. The van der Waals surface area contributed by atoms with E-state index in [0.29, 0.717) is 42.9 Å². The number of H-pyrrole nitrogens is 1. The lowest BCUT2D eigenvalue weighted by Crippen LogP contribution is -2.46.